The zero-order valence-corrected chi connectivity index (χ0v) is 18.2. The van der Waals surface area contributed by atoms with Crippen molar-refractivity contribution < 1.29 is 17.9 Å². The van der Waals surface area contributed by atoms with Crippen LogP contribution in [0.25, 0.3) is 11.1 Å². The van der Waals surface area contributed by atoms with Crippen LogP contribution in [0.1, 0.15) is 35.1 Å². The Morgan fingerprint density at radius 1 is 0.906 bits per heavy atom. The van der Waals surface area contributed by atoms with Crippen LogP contribution in [0.2, 0.25) is 0 Å². The second-order valence-electron chi connectivity index (χ2n) is 8.62. The van der Waals surface area contributed by atoms with E-state index in [1.165, 1.54) is 17.7 Å². The molecule has 3 aromatic rings. The number of piperidine rings is 1. The van der Waals surface area contributed by atoms with Gasteiger partial charge in [-0.25, -0.2) is 0 Å². The number of aryl methyl sites for hydroxylation is 1. The smallest absolute Gasteiger partial charge is 0.376 e. The summed E-state index contributed by atoms with van der Waals surface area (Å²) in [4.78, 5) is 0. The molecule has 0 radical (unpaired) electrons. The van der Waals surface area contributed by atoms with Crippen LogP contribution in [0.5, 0.6) is 0 Å². The van der Waals surface area contributed by atoms with Crippen LogP contribution in [0.4, 0.5) is 13.2 Å². The lowest BCUT2D eigenvalue weighted by Crippen LogP contribution is -2.43. The molecular formula is C27H28F3NO. The largest absolute Gasteiger partial charge is 0.416 e. The number of benzene rings is 3. The minimum Gasteiger partial charge on any atom is -0.376 e. The highest BCUT2D eigenvalue weighted by Gasteiger charge is 2.34. The third-order valence-corrected chi connectivity index (χ3v) is 6.37. The van der Waals surface area contributed by atoms with Crippen LogP contribution in [0, 0.1) is 6.92 Å². The third kappa shape index (κ3) is 5.05. The van der Waals surface area contributed by atoms with Crippen molar-refractivity contribution in [2.75, 3.05) is 19.7 Å². The number of nitrogens with one attached hydrogen (secondary N) is 1. The molecule has 0 bridgehead atoms. The van der Waals surface area contributed by atoms with Crippen LogP contribution in [-0.2, 0) is 22.9 Å². The molecule has 5 heteroatoms. The minimum absolute atomic E-state index is 0.118. The molecule has 168 valence electrons. The average Bonchev–Trinajstić information content (AvgIpc) is 2.80. The van der Waals surface area contributed by atoms with Gasteiger partial charge in [-0.2, -0.15) is 13.2 Å². The molecule has 1 N–H and O–H groups in total. The van der Waals surface area contributed by atoms with E-state index in [2.05, 4.69) is 17.4 Å². The van der Waals surface area contributed by atoms with E-state index in [1.54, 1.807) is 0 Å². The van der Waals surface area contributed by atoms with Crippen LogP contribution in [0.15, 0.2) is 72.8 Å². The first-order chi connectivity index (χ1) is 15.4. The van der Waals surface area contributed by atoms with Gasteiger partial charge in [0.15, 0.2) is 0 Å². The van der Waals surface area contributed by atoms with Gasteiger partial charge in [0, 0.05) is 5.41 Å². The Morgan fingerprint density at radius 3 is 2.28 bits per heavy atom. The minimum atomic E-state index is -4.41. The molecule has 0 saturated carbocycles. The van der Waals surface area contributed by atoms with Gasteiger partial charge in [-0.1, -0.05) is 54.6 Å². The number of hydrogen-bond donors (Lipinski definition) is 1. The number of rotatable bonds is 6. The molecule has 1 fully saturated rings. The van der Waals surface area contributed by atoms with Crippen molar-refractivity contribution in [3.05, 3.63) is 95.1 Å². The average molecular weight is 440 g/mol. The van der Waals surface area contributed by atoms with E-state index in [0.717, 1.165) is 37.1 Å². The molecule has 32 heavy (non-hydrogen) atoms. The van der Waals surface area contributed by atoms with E-state index in [0.29, 0.717) is 17.7 Å². The zero-order valence-electron chi connectivity index (χ0n) is 18.2. The second kappa shape index (κ2) is 9.47. The summed E-state index contributed by atoms with van der Waals surface area (Å²) in [5.41, 5.74) is 3.32. The maximum absolute atomic E-state index is 13.6. The SMILES string of the molecule is Cc1ccccc1-c1cc(COCC2(c3ccccc3)CCNCC2)cc(C(F)(F)F)c1. The predicted octanol–water partition coefficient (Wildman–Crippen LogP) is 6.52. The fourth-order valence-corrected chi connectivity index (χ4v) is 4.57. The van der Waals surface area contributed by atoms with Crippen molar-refractivity contribution in [1.82, 2.24) is 5.32 Å². The Hall–Kier alpha value is -2.63. The van der Waals surface area contributed by atoms with Gasteiger partial charge >= 0.3 is 6.18 Å². The highest BCUT2D eigenvalue weighted by atomic mass is 19.4. The highest BCUT2D eigenvalue weighted by Crippen LogP contribution is 2.36. The zero-order chi connectivity index (χ0) is 22.6. The maximum Gasteiger partial charge on any atom is 0.416 e. The van der Waals surface area contributed by atoms with Gasteiger partial charge in [-0.15, -0.1) is 0 Å². The summed E-state index contributed by atoms with van der Waals surface area (Å²) in [5, 5.41) is 3.39. The molecule has 1 aliphatic rings. The Kier molecular flexibility index (Phi) is 6.68. The molecule has 3 aromatic carbocycles. The molecular weight excluding hydrogens is 411 g/mol. The van der Waals surface area contributed by atoms with Crippen molar-refractivity contribution in [3.63, 3.8) is 0 Å². The fraction of sp³-hybridized carbons (Fsp3) is 0.333. The highest BCUT2D eigenvalue weighted by molar-refractivity contribution is 5.68. The number of hydrogen-bond acceptors (Lipinski definition) is 2. The van der Waals surface area contributed by atoms with Crippen molar-refractivity contribution in [2.45, 2.75) is 38.0 Å². The lowest BCUT2D eigenvalue weighted by molar-refractivity contribution is -0.137. The molecule has 0 atom stereocenters. The van der Waals surface area contributed by atoms with Crippen LogP contribution >= 0.6 is 0 Å². The van der Waals surface area contributed by atoms with Gasteiger partial charge in [0.25, 0.3) is 0 Å². The van der Waals surface area contributed by atoms with Crippen LogP contribution in [-0.4, -0.2) is 19.7 Å². The molecule has 2 nitrogen and oxygen atoms in total. The van der Waals surface area contributed by atoms with Gasteiger partial charge in [0.2, 0.25) is 0 Å². The lowest BCUT2D eigenvalue weighted by Gasteiger charge is -2.38. The first-order valence-electron chi connectivity index (χ1n) is 11.0. The number of ether oxygens (including phenoxy) is 1. The summed E-state index contributed by atoms with van der Waals surface area (Å²) >= 11 is 0. The Balaban J connectivity index is 1.58. The summed E-state index contributed by atoms with van der Waals surface area (Å²) in [6, 6.07) is 22.0. The summed E-state index contributed by atoms with van der Waals surface area (Å²) in [6.07, 6.45) is -2.53. The monoisotopic (exact) mass is 439 g/mol. The van der Waals surface area contributed by atoms with Gasteiger partial charge in [-0.05, 0) is 78.9 Å². The van der Waals surface area contributed by atoms with E-state index in [1.807, 2.05) is 55.5 Å². The normalized spacial score (nSPS) is 16.1. The first kappa shape index (κ1) is 22.6. The van der Waals surface area contributed by atoms with Crippen molar-refractivity contribution in [1.29, 1.82) is 0 Å². The topological polar surface area (TPSA) is 21.3 Å². The van der Waals surface area contributed by atoms with Crippen molar-refractivity contribution in [2.24, 2.45) is 0 Å². The molecule has 0 aromatic heterocycles. The predicted molar refractivity (Wildman–Crippen MR) is 121 cm³/mol. The molecule has 4 rings (SSSR count). The Bertz CT molecular complexity index is 1040. The van der Waals surface area contributed by atoms with E-state index in [9.17, 15) is 13.2 Å². The third-order valence-electron chi connectivity index (χ3n) is 6.37. The van der Waals surface area contributed by atoms with Gasteiger partial charge in [0.05, 0.1) is 18.8 Å². The second-order valence-corrected chi connectivity index (χ2v) is 8.62. The molecule has 0 amide bonds. The lowest BCUT2D eigenvalue weighted by atomic mass is 9.74. The molecule has 1 aliphatic heterocycles. The molecule has 1 heterocycles. The van der Waals surface area contributed by atoms with Crippen molar-refractivity contribution in [3.8, 4) is 11.1 Å². The number of halogens is 3. The molecule has 1 saturated heterocycles. The van der Waals surface area contributed by atoms with E-state index >= 15 is 0 Å². The Labute approximate surface area is 187 Å². The van der Waals surface area contributed by atoms with Crippen molar-refractivity contribution >= 4 is 0 Å². The van der Waals surface area contributed by atoms with E-state index in [4.69, 9.17) is 4.74 Å². The fourth-order valence-electron chi connectivity index (χ4n) is 4.57. The standard InChI is InChI=1S/C27H28F3NO/c1-20-7-5-6-10-25(20)22-15-21(16-24(17-22)27(28,29)30)18-32-19-26(11-13-31-14-12-26)23-8-3-2-4-9-23/h2-10,15-17,31H,11-14,18-19H2,1H3. The Morgan fingerprint density at radius 2 is 1.59 bits per heavy atom. The van der Waals surface area contributed by atoms with E-state index < -0.39 is 11.7 Å². The summed E-state index contributed by atoms with van der Waals surface area (Å²) < 4.78 is 46.9. The first-order valence-corrected chi connectivity index (χ1v) is 11.0. The molecule has 0 aliphatic carbocycles. The van der Waals surface area contributed by atoms with E-state index in [-0.39, 0.29) is 12.0 Å². The van der Waals surface area contributed by atoms with Gasteiger partial charge < -0.3 is 10.1 Å². The number of alkyl halides is 3. The quantitative estimate of drug-likeness (QED) is 0.472. The summed E-state index contributed by atoms with van der Waals surface area (Å²) in [5.74, 6) is 0. The van der Waals surface area contributed by atoms with Crippen LogP contribution < -0.4 is 5.32 Å². The van der Waals surface area contributed by atoms with Gasteiger partial charge in [0.1, 0.15) is 0 Å². The van der Waals surface area contributed by atoms with Crippen LogP contribution in [0.3, 0.4) is 0 Å². The summed E-state index contributed by atoms with van der Waals surface area (Å²) in [6.45, 7) is 4.34. The summed E-state index contributed by atoms with van der Waals surface area (Å²) in [7, 11) is 0. The molecule has 0 spiro atoms. The molecule has 0 unspecified atom stereocenters. The maximum atomic E-state index is 13.6. The van der Waals surface area contributed by atoms with Gasteiger partial charge in [-0.3, -0.25) is 0 Å².